The van der Waals surface area contributed by atoms with E-state index in [0.717, 1.165) is 0 Å². The second kappa shape index (κ2) is 6.80. The molecule has 2 N–H and O–H groups in total. The largest absolute Gasteiger partial charge is 0.298 e. The van der Waals surface area contributed by atoms with E-state index in [1.54, 1.807) is 24.3 Å². The lowest BCUT2D eigenvalue weighted by Crippen LogP contribution is -2.36. The zero-order valence-corrected chi connectivity index (χ0v) is 11.1. The van der Waals surface area contributed by atoms with Gasteiger partial charge >= 0.3 is 0 Å². The highest BCUT2D eigenvalue weighted by atomic mass is 32.2. The summed E-state index contributed by atoms with van der Waals surface area (Å²) in [5.41, 5.74) is 5.71. The van der Waals surface area contributed by atoms with Gasteiger partial charge in [-0.15, -0.1) is 0 Å². The van der Waals surface area contributed by atoms with E-state index in [1.807, 2.05) is 19.9 Å². The van der Waals surface area contributed by atoms with E-state index in [2.05, 4.69) is 10.9 Å². The predicted octanol–water partition coefficient (Wildman–Crippen LogP) is 1.23. The summed E-state index contributed by atoms with van der Waals surface area (Å²) in [6, 6.07) is 8.97. The Morgan fingerprint density at radius 2 is 1.83 bits per heavy atom. The highest BCUT2D eigenvalue weighted by molar-refractivity contribution is 7.74. The van der Waals surface area contributed by atoms with Crippen molar-refractivity contribution in [2.45, 2.75) is 20.3 Å². The molecular formula is C12H16N2O3S. The van der Waals surface area contributed by atoms with Gasteiger partial charge in [0.05, 0.1) is 5.69 Å². The third-order valence-electron chi connectivity index (χ3n) is 2.14. The summed E-state index contributed by atoms with van der Waals surface area (Å²) in [5, 5.41) is 0. The molecule has 0 aromatic heterocycles. The van der Waals surface area contributed by atoms with Gasteiger partial charge in [0.1, 0.15) is 4.86 Å². The molecule has 0 heterocycles. The van der Waals surface area contributed by atoms with E-state index in [-0.39, 0.29) is 17.2 Å². The molecule has 18 heavy (non-hydrogen) atoms. The van der Waals surface area contributed by atoms with Crippen molar-refractivity contribution in [1.82, 2.24) is 5.43 Å². The van der Waals surface area contributed by atoms with Gasteiger partial charge in [-0.3, -0.25) is 15.6 Å². The summed E-state index contributed by atoms with van der Waals surface area (Å²) >= 11 is 0. The van der Waals surface area contributed by atoms with Gasteiger partial charge in [-0.25, -0.2) is 0 Å². The highest BCUT2D eigenvalue weighted by Gasteiger charge is 2.14. The summed E-state index contributed by atoms with van der Waals surface area (Å²) in [6.07, 6.45) is 0.221. The van der Waals surface area contributed by atoms with Crippen LogP contribution in [0.4, 0.5) is 5.69 Å². The van der Waals surface area contributed by atoms with Crippen LogP contribution in [0.3, 0.4) is 0 Å². The number of nitrogens with one attached hydrogen (secondary N) is 2. The van der Waals surface area contributed by atoms with Crippen LogP contribution >= 0.6 is 0 Å². The average molecular weight is 268 g/mol. The maximum Gasteiger partial charge on any atom is 0.281 e. The van der Waals surface area contributed by atoms with Gasteiger partial charge in [0.25, 0.3) is 5.91 Å². The predicted molar refractivity (Wildman–Crippen MR) is 71.6 cm³/mol. The molecule has 0 unspecified atom stereocenters. The van der Waals surface area contributed by atoms with E-state index >= 15 is 0 Å². The van der Waals surface area contributed by atoms with Crippen molar-refractivity contribution in [1.29, 1.82) is 0 Å². The van der Waals surface area contributed by atoms with Crippen LogP contribution in [0, 0.1) is 5.92 Å². The normalized spacial score (nSPS) is 9.94. The zero-order valence-electron chi connectivity index (χ0n) is 10.3. The summed E-state index contributed by atoms with van der Waals surface area (Å²) in [5.74, 6) is -0.527. The van der Waals surface area contributed by atoms with E-state index < -0.39 is 16.2 Å². The topological polar surface area (TPSA) is 75.3 Å². The van der Waals surface area contributed by atoms with Crippen LogP contribution in [-0.2, 0) is 15.1 Å². The van der Waals surface area contributed by atoms with Crippen LogP contribution in [0.5, 0.6) is 0 Å². The molecule has 6 heteroatoms. The van der Waals surface area contributed by atoms with Gasteiger partial charge in [0, 0.05) is 0 Å². The molecule has 0 spiro atoms. The first-order chi connectivity index (χ1) is 8.50. The minimum atomic E-state index is -2.50. The van der Waals surface area contributed by atoms with Crippen molar-refractivity contribution >= 4 is 26.8 Å². The molecule has 0 aliphatic rings. The average Bonchev–Trinajstić information content (AvgIpc) is 2.34. The maximum atomic E-state index is 11.7. The Morgan fingerprint density at radius 1 is 1.22 bits per heavy atom. The Hall–Kier alpha value is -1.82. The molecule has 1 aromatic rings. The number of hydrazine groups is 1. The van der Waals surface area contributed by atoms with Crippen molar-refractivity contribution in [3.05, 3.63) is 30.3 Å². The Balaban J connectivity index is 2.67. The van der Waals surface area contributed by atoms with Gasteiger partial charge in [0.2, 0.25) is 10.3 Å². The number of rotatable bonds is 5. The second-order valence-corrected chi connectivity index (χ2v) is 5.16. The number of hydrogen-bond acceptors (Lipinski definition) is 4. The molecule has 0 aliphatic carbocycles. The number of anilines is 1. The van der Waals surface area contributed by atoms with Gasteiger partial charge in [0.15, 0.2) is 0 Å². The first-order valence-electron chi connectivity index (χ1n) is 5.57. The van der Waals surface area contributed by atoms with Gasteiger partial charge in [-0.1, -0.05) is 32.0 Å². The van der Waals surface area contributed by atoms with Crippen molar-refractivity contribution in [2.24, 2.45) is 5.92 Å². The molecule has 0 saturated carbocycles. The first-order valence-corrected chi connectivity index (χ1v) is 6.64. The minimum Gasteiger partial charge on any atom is -0.298 e. The standard InChI is InChI=1S/C12H16N2O3S/c1-9(2)8-11(18(16)17)12(15)14-13-10-6-4-3-5-7-10/h3-7,9,13H,8H2,1-2H3,(H,14,15). The molecule has 0 saturated heterocycles. The number of para-hydroxylation sites is 1. The van der Waals surface area contributed by atoms with Crippen molar-refractivity contribution in [2.75, 3.05) is 5.43 Å². The number of carbonyl (C=O) groups is 1. The summed E-state index contributed by atoms with van der Waals surface area (Å²) in [7, 11) is -2.50. The molecule has 1 amide bonds. The molecule has 0 radical (unpaired) electrons. The lowest BCUT2D eigenvalue weighted by Gasteiger charge is -2.09. The lowest BCUT2D eigenvalue weighted by atomic mass is 10.1. The molecule has 0 aliphatic heterocycles. The number of benzene rings is 1. The van der Waals surface area contributed by atoms with Crippen molar-refractivity contribution in [3.63, 3.8) is 0 Å². The van der Waals surface area contributed by atoms with E-state index in [9.17, 15) is 13.2 Å². The third kappa shape index (κ3) is 4.58. The van der Waals surface area contributed by atoms with Crippen LogP contribution in [0.25, 0.3) is 0 Å². The Labute approximate surface area is 108 Å². The van der Waals surface area contributed by atoms with Crippen LogP contribution in [0.15, 0.2) is 30.3 Å². The zero-order chi connectivity index (χ0) is 13.5. The molecule has 98 valence electrons. The summed E-state index contributed by atoms with van der Waals surface area (Å²) < 4.78 is 21.9. The van der Waals surface area contributed by atoms with Crippen LogP contribution < -0.4 is 10.9 Å². The Kier molecular flexibility index (Phi) is 5.38. The monoisotopic (exact) mass is 268 g/mol. The minimum absolute atomic E-state index is 0.0976. The van der Waals surface area contributed by atoms with Gasteiger partial charge < -0.3 is 0 Å². The number of hydrogen-bond donors (Lipinski definition) is 2. The molecule has 0 atom stereocenters. The summed E-state index contributed by atoms with van der Waals surface area (Å²) in [4.78, 5) is 11.5. The Bertz CT molecular complexity index is 528. The molecule has 1 aromatic carbocycles. The second-order valence-electron chi connectivity index (χ2n) is 4.20. The SMILES string of the molecule is CC(C)CC(C(=O)NNc1ccccc1)=S(=O)=O. The number of amides is 1. The maximum absolute atomic E-state index is 11.7. The fourth-order valence-electron chi connectivity index (χ4n) is 1.33. The molecular weight excluding hydrogens is 252 g/mol. The molecule has 0 bridgehead atoms. The fourth-order valence-corrected chi connectivity index (χ4v) is 2.00. The number of carbonyl (C=O) groups excluding carboxylic acids is 1. The Morgan fingerprint density at radius 3 is 2.33 bits per heavy atom. The van der Waals surface area contributed by atoms with Crippen LogP contribution in [0.1, 0.15) is 20.3 Å². The highest BCUT2D eigenvalue weighted by Crippen LogP contribution is 2.04. The molecule has 0 fully saturated rings. The van der Waals surface area contributed by atoms with Gasteiger partial charge in [-0.05, 0) is 24.5 Å². The van der Waals surface area contributed by atoms with Crippen LogP contribution in [0.2, 0.25) is 0 Å². The van der Waals surface area contributed by atoms with E-state index in [4.69, 9.17) is 0 Å². The van der Waals surface area contributed by atoms with Crippen LogP contribution in [-0.4, -0.2) is 19.2 Å². The van der Waals surface area contributed by atoms with E-state index in [1.165, 1.54) is 0 Å². The molecule has 5 nitrogen and oxygen atoms in total. The summed E-state index contributed by atoms with van der Waals surface area (Å²) in [6.45, 7) is 3.70. The fraction of sp³-hybridized carbons (Fsp3) is 0.333. The van der Waals surface area contributed by atoms with Gasteiger partial charge in [-0.2, -0.15) is 8.42 Å². The smallest absolute Gasteiger partial charge is 0.281 e. The van der Waals surface area contributed by atoms with Crippen molar-refractivity contribution in [3.8, 4) is 0 Å². The van der Waals surface area contributed by atoms with E-state index in [0.29, 0.717) is 5.69 Å². The quantitative estimate of drug-likeness (QED) is 0.622. The first kappa shape index (κ1) is 14.2. The third-order valence-corrected chi connectivity index (χ3v) is 2.90. The molecule has 1 rings (SSSR count). The van der Waals surface area contributed by atoms with Crippen molar-refractivity contribution < 1.29 is 13.2 Å². The lowest BCUT2D eigenvalue weighted by molar-refractivity contribution is -0.114.